The third-order valence-electron chi connectivity index (χ3n) is 2.89. The summed E-state index contributed by atoms with van der Waals surface area (Å²) >= 11 is 5.14. The molecule has 2 aromatic carbocycles. The largest absolute Gasteiger partial charge is 0.250 e. The molecule has 3 rings (SSSR count). The van der Waals surface area contributed by atoms with Gasteiger partial charge in [0.05, 0.1) is 11.8 Å². The highest BCUT2D eigenvalue weighted by molar-refractivity contribution is 7.71. The topological polar surface area (TPSA) is 46.0 Å². The molecule has 0 amide bonds. The van der Waals surface area contributed by atoms with Crippen LogP contribution in [0.5, 0.6) is 0 Å². The van der Waals surface area contributed by atoms with E-state index < -0.39 is 0 Å². The Bertz CT molecular complexity index is 836. The zero-order valence-corrected chi connectivity index (χ0v) is 11.7. The van der Waals surface area contributed by atoms with Gasteiger partial charge in [0.1, 0.15) is 5.82 Å². The van der Waals surface area contributed by atoms with E-state index in [2.05, 4.69) is 15.3 Å². The van der Waals surface area contributed by atoms with E-state index in [1.807, 2.05) is 30.3 Å². The van der Waals surface area contributed by atoms with Gasteiger partial charge in [-0.25, -0.2) is 9.49 Å². The normalized spacial score (nSPS) is 11.1. The van der Waals surface area contributed by atoms with Gasteiger partial charge in [-0.05, 0) is 29.9 Å². The maximum absolute atomic E-state index is 13.9. The lowest BCUT2D eigenvalue weighted by Gasteiger charge is -2.02. The SMILES string of the molecule is Fc1ccccc1-c1n[nH]c(=S)n1/N=C\c1ccccc1. The fraction of sp³-hybridized carbons (Fsp3) is 0. The van der Waals surface area contributed by atoms with E-state index in [9.17, 15) is 4.39 Å². The highest BCUT2D eigenvalue weighted by Gasteiger charge is 2.11. The van der Waals surface area contributed by atoms with Crippen molar-refractivity contribution < 1.29 is 4.39 Å². The number of H-pyrrole nitrogens is 1. The molecule has 0 saturated carbocycles. The molecule has 0 aliphatic carbocycles. The Kier molecular flexibility index (Phi) is 3.70. The molecule has 6 heteroatoms. The van der Waals surface area contributed by atoms with E-state index >= 15 is 0 Å². The van der Waals surface area contributed by atoms with Gasteiger partial charge in [0.25, 0.3) is 0 Å². The lowest BCUT2D eigenvalue weighted by atomic mass is 10.2. The van der Waals surface area contributed by atoms with E-state index in [1.54, 1.807) is 24.4 Å². The zero-order chi connectivity index (χ0) is 14.7. The van der Waals surface area contributed by atoms with E-state index in [1.165, 1.54) is 10.7 Å². The number of rotatable bonds is 3. The molecule has 0 spiro atoms. The van der Waals surface area contributed by atoms with Crippen LogP contribution in [-0.2, 0) is 0 Å². The number of aromatic amines is 1. The van der Waals surface area contributed by atoms with Gasteiger partial charge in [0.15, 0.2) is 5.82 Å². The van der Waals surface area contributed by atoms with Gasteiger partial charge in [0.2, 0.25) is 4.77 Å². The lowest BCUT2D eigenvalue weighted by Crippen LogP contribution is -1.96. The van der Waals surface area contributed by atoms with Gasteiger partial charge in [-0.3, -0.25) is 0 Å². The summed E-state index contributed by atoms with van der Waals surface area (Å²) in [5.41, 5.74) is 1.26. The molecule has 21 heavy (non-hydrogen) atoms. The Labute approximate surface area is 125 Å². The first-order valence-electron chi connectivity index (χ1n) is 6.27. The van der Waals surface area contributed by atoms with Gasteiger partial charge in [0, 0.05) is 0 Å². The number of nitrogens with one attached hydrogen (secondary N) is 1. The van der Waals surface area contributed by atoms with E-state index in [4.69, 9.17) is 12.2 Å². The molecule has 0 fully saturated rings. The van der Waals surface area contributed by atoms with E-state index in [0.717, 1.165) is 5.56 Å². The second-order valence-corrected chi connectivity index (χ2v) is 4.69. The van der Waals surface area contributed by atoms with Gasteiger partial charge in [-0.2, -0.15) is 14.9 Å². The van der Waals surface area contributed by atoms with Crippen LogP contribution in [0.2, 0.25) is 0 Å². The van der Waals surface area contributed by atoms with Crippen LogP contribution >= 0.6 is 12.2 Å². The van der Waals surface area contributed by atoms with Crippen molar-refractivity contribution in [2.45, 2.75) is 0 Å². The van der Waals surface area contributed by atoms with Gasteiger partial charge >= 0.3 is 0 Å². The molecule has 1 aromatic heterocycles. The van der Waals surface area contributed by atoms with Crippen LogP contribution in [0.25, 0.3) is 11.4 Å². The number of nitrogens with zero attached hydrogens (tertiary/aromatic N) is 3. The summed E-state index contributed by atoms with van der Waals surface area (Å²) in [6.45, 7) is 0. The highest BCUT2D eigenvalue weighted by atomic mass is 32.1. The van der Waals surface area contributed by atoms with Gasteiger partial charge in [-0.1, -0.05) is 42.5 Å². The third kappa shape index (κ3) is 2.80. The molecular weight excluding hydrogens is 287 g/mol. The summed E-state index contributed by atoms with van der Waals surface area (Å²) < 4.78 is 15.6. The van der Waals surface area contributed by atoms with Crippen LogP contribution in [0.1, 0.15) is 5.56 Å². The van der Waals surface area contributed by atoms with Crippen molar-refractivity contribution >= 4 is 18.4 Å². The summed E-state index contributed by atoms with van der Waals surface area (Å²) in [6.07, 6.45) is 1.65. The van der Waals surface area contributed by atoms with Gasteiger partial charge in [-0.15, -0.1) is 0 Å². The first kappa shape index (κ1) is 13.4. The van der Waals surface area contributed by atoms with E-state index in [-0.39, 0.29) is 5.82 Å². The summed E-state index contributed by atoms with van der Waals surface area (Å²) in [6, 6.07) is 15.9. The third-order valence-corrected chi connectivity index (χ3v) is 3.15. The molecule has 0 aliphatic rings. The van der Waals surface area contributed by atoms with Gasteiger partial charge < -0.3 is 0 Å². The fourth-order valence-electron chi connectivity index (χ4n) is 1.88. The molecule has 0 radical (unpaired) electrons. The summed E-state index contributed by atoms with van der Waals surface area (Å²) in [4.78, 5) is 0. The Balaban J connectivity index is 2.05. The highest BCUT2D eigenvalue weighted by Crippen LogP contribution is 2.20. The average molecular weight is 298 g/mol. The van der Waals surface area contributed by atoms with Crippen LogP contribution in [0.4, 0.5) is 4.39 Å². The molecule has 0 aliphatic heterocycles. The van der Waals surface area contributed by atoms with Crippen molar-refractivity contribution in [2.24, 2.45) is 5.10 Å². The number of benzene rings is 2. The maximum Gasteiger partial charge on any atom is 0.216 e. The Morgan fingerprint density at radius 3 is 2.57 bits per heavy atom. The van der Waals surface area contributed by atoms with Crippen LogP contribution < -0.4 is 0 Å². The smallest absolute Gasteiger partial charge is 0.216 e. The summed E-state index contributed by atoms with van der Waals surface area (Å²) in [7, 11) is 0. The van der Waals surface area contributed by atoms with Crippen LogP contribution in [0.15, 0.2) is 59.7 Å². The quantitative estimate of drug-likeness (QED) is 0.593. The number of halogens is 1. The minimum Gasteiger partial charge on any atom is -0.250 e. The second kappa shape index (κ2) is 5.80. The number of aromatic nitrogens is 3. The Hall–Kier alpha value is -2.60. The first-order chi connectivity index (χ1) is 10.3. The molecular formula is C15H11FN4S. The molecule has 3 aromatic rings. The van der Waals surface area contributed by atoms with E-state index in [0.29, 0.717) is 16.2 Å². The Morgan fingerprint density at radius 2 is 1.81 bits per heavy atom. The maximum atomic E-state index is 13.9. The average Bonchev–Trinajstić information content (AvgIpc) is 2.88. The predicted molar refractivity (Wildman–Crippen MR) is 82.2 cm³/mol. The molecule has 0 bridgehead atoms. The molecule has 0 saturated heterocycles. The van der Waals surface area contributed by atoms with Crippen LogP contribution in [-0.4, -0.2) is 21.1 Å². The molecule has 0 atom stereocenters. The molecule has 104 valence electrons. The summed E-state index contributed by atoms with van der Waals surface area (Å²) in [5.74, 6) is -0.0343. The van der Waals surface area contributed by atoms with Crippen molar-refractivity contribution in [1.29, 1.82) is 0 Å². The second-order valence-electron chi connectivity index (χ2n) is 4.30. The minimum atomic E-state index is -0.373. The predicted octanol–water partition coefficient (Wildman–Crippen LogP) is 3.63. The molecule has 0 unspecified atom stereocenters. The number of hydrogen-bond donors (Lipinski definition) is 1. The monoisotopic (exact) mass is 298 g/mol. The Morgan fingerprint density at radius 1 is 1.10 bits per heavy atom. The fourth-order valence-corrected chi connectivity index (χ4v) is 2.06. The molecule has 1 N–H and O–H groups in total. The van der Waals surface area contributed by atoms with Crippen molar-refractivity contribution in [3.8, 4) is 11.4 Å². The zero-order valence-electron chi connectivity index (χ0n) is 10.9. The molecule has 4 nitrogen and oxygen atoms in total. The van der Waals surface area contributed by atoms with Crippen molar-refractivity contribution in [1.82, 2.24) is 14.9 Å². The number of hydrogen-bond acceptors (Lipinski definition) is 3. The lowest BCUT2D eigenvalue weighted by molar-refractivity contribution is 0.628. The van der Waals surface area contributed by atoms with Crippen molar-refractivity contribution in [2.75, 3.05) is 0 Å². The summed E-state index contributed by atoms with van der Waals surface area (Å²) in [5, 5.41) is 11.0. The molecule has 1 heterocycles. The first-order valence-corrected chi connectivity index (χ1v) is 6.68. The van der Waals surface area contributed by atoms with Crippen LogP contribution in [0, 0.1) is 10.6 Å². The minimum absolute atomic E-state index is 0.306. The standard InChI is InChI=1S/C15H11FN4S/c16-13-9-5-4-8-12(13)14-18-19-15(21)20(14)17-10-11-6-2-1-3-7-11/h1-10H,(H,19,21)/b17-10-. The van der Waals surface area contributed by atoms with Crippen molar-refractivity contribution in [3.63, 3.8) is 0 Å². The van der Waals surface area contributed by atoms with Crippen molar-refractivity contribution in [3.05, 3.63) is 70.7 Å². The van der Waals surface area contributed by atoms with Crippen LogP contribution in [0.3, 0.4) is 0 Å².